The second-order valence-electron chi connectivity index (χ2n) is 6.30. The Morgan fingerprint density at radius 3 is 2.74 bits per heavy atom. The quantitative estimate of drug-likeness (QED) is 0.794. The van der Waals surface area contributed by atoms with Crippen LogP contribution in [0.15, 0.2) is 18.2 Å². The van der Waals surface area contributed by atoms with Crippen LogP contribution in [0.4, 0.5) is 5.69 Å². The topological polar surface area (TPSA) is 49.3 Å². The van der Waals surface area contributed by atoms with E-state index in [1.807, 2.05) is 13.0 Å². The van der Waals surface area contributed by atoms with Crippen LogP contribution in [0.3, 0.4) is 0 Å². The first-order chi connectivity index (χ1) is 8.90. The summed E-state index contributed by atoms with van der Waals surface area (Å²) in [5.41, 5.74) is 1.54. The summed E-state index contributed by atoms with van der Waals surface area (Å²) in [7, 11) is 0. The number of phenols is 1. The Morgan fingerprint density at radius 2 is 2.11 bits per heavy atom. The van der Waals surface area contributed by atoms with E-state index in [1.165, 1.54) is 6.42 Å². The average Bonchev–Trinajstić information content (AvgIpc) is 2.32. The van der Waals surface area contributed by atoms with Crippen molar-refractivity contribution in [1.82, 2.24) is 0 Å². The highest BCUT2D eigenvalue weighted by molar-refractivity contribution is 5.94. The van der Waals surface area contributed by atoms with Gasteiger partial charge < -0.3 is 10.4 Å². The zero-order valence-electron chi connectivity index (χ0n) is 12.0. The summed E-state index contributed by atoms with van der Waals surface area (Å²) in [4.78, 5) is 12.4. The first-order valence-corrected chi connectivity index (χ1v) is 7.00. The maximum atomic E-state index is 12.4. The van der Waals surface area contributed by atoms with E-state index in [-0.39, 0.29) is 23.0 Å². The van der Waals surface area contributed by atoms with Crippen LogP contribution in [0.2, 0.25) is 0 Å². The number of anilines is 1. The lowest BCUT2D eigenvalue weighted by Crippen LogP contribution is -2.37. The lowest BCUT2D eigenvalue weighted by Gasteiger charge is -2.37. The van der Waals surface area contributed by atoms with E-state index < -0.39 is 0 Å². The molecule has 1 aromatic carbocycles. The first-order valence-electron chi connectivity index (χ1n) is 7.00. The molecule has 1 aliphatic carbocycles. The zero-order valence-corrected chi connectivity index (χ0v) is 12.0. The molecular weight excluding hydrogens is 238 g/mol. The minimum Gasteiger partial charge on any atom is -0.506 e. The first kappa shape index (κ1) is 13.9. The van der Waals surface area contributed by atoms with Crippen molar-refractivity contribution in [3.8, 4) is 5.75 Å². The van der Waals surface area contributed by atoms with Crippen molar-refractivity contribution in [3.05, 3.63) is 23.8 Å². The van der Waals surface area contributed by atoms with E-state index in [0.717, 1.165) is 24.8 Å². The molecule has 2 N–H and O–H groups in total. The highest BCUT2D eigenvalue weighted by Crippen LogP contribution is 2.41. The Balaban J connectivity index is 2.12. The van der Waals surface area contributed by atoms with Gasteiger partial charge in [-0.25, -0.2) is 0 Å². The lowest BCUT2D eigenvalue weighted by atomic mass is 9.68. The largest absolute Gasteiger partial charge is 0.506 e. The molecular formula is C16H23NO2. The molecule has 1 saturated carbocycles. The molecule has 0 radical (unpaired) electrons. The monoisotopic (exact) mass is 261 g/mol. The third kappa shape index (κ3) is 3.09. The van der Waals surface area contributed by atoms with Crippen molar-refractivity contribution in [2.45, 2.75) is 46.5 Å². The van der Waals surface area contributed by atoms with Crippen molar-refractivity contribution in [3.63, 3.8) is 0 Å². The Kier molecular flexibility index (Phi) is 3.83. The highest BCUT2D eigenvalue weighted by atomic mass is 16.3. The lowest BCUT2D eigenvalue weighted by molar-refractivity contribution is -0.124. The molecule has 0 heterocycles. The number of benzene rings is 1. The molecule has 1 aliphatic rings. The van der Waals surface area contributed by atoms with Gasteiger partial charge in [-0.2, -0.15) is 0 Å². The Morgan fingerprint density at radius 1 is 1.37 bits per heavy atom. The number of aromatic hydroxyl groups is 1. The molecule has 1 aromatic rings. The van der Waals surface area contributed by atoms with Gasteiger partial charge in [0.25, 0.3) is 0 Å². The number of nitrogens with one attached hydrogen (secondary N) is 1. The number of carbonyl (C=O) groups is 1. The van der Waals surface area contributed by atoms with Crippen LogP contribution in [-0.2, 0) is 4.79 Å². The van der Waals surface area contributed by atoms with Gasteiger partial charge in [0.2, 0.25) is 5.91 Å². The molecule has 0 aliphatic heterocycles. The third-order valence-electron chi connectivity index (χ3n) is 4.23. The number of phenolic OH excluding ortho intramolecular Hbond substituents is 1. The molecule has 19 heavy (non-hydrogen) atoms. The van der Waals surface area contributed by atoms with Crippen LogP contribution in [0, 0.1) is 18.3 Å². The Labute approximate surface area is 115 Å². The van der Waals surface area contributed by atoms with Gasteiger partial charge >= 0.3 is 0 Å². The van der Waals surface area contributed by atoms with Gasteiger partial charge in [0.1, 0.15) is 5.75 Å². The Bertz CT molecular complexity index is 480. The van der Waals surface area contributed by atoms with E-state index in [0.29, 0.717) is 5.69 Å². The van der Waals surface area contributed by atoms with Crippen molar-refractivity contribution >= 4 is 11.6 Å². The predicted molar refractivity (Wildman–Crippen MR) is 77.2 cm³/mol. The number of hydrogen-bond acceptors (Lipinski definition) is 2. The van der Waals surface area contributed by atoms with Crippen LogP contribution in [0.5, 0.6) is 5.75 Å². The van der Waals surface area contributed by atoms with Crippen LogP contribution in [0.1, 0.15) is 45.1 Å². The molecule has 1 fully saturated rings. The molecule has 1 unspecified atom stereocenters. The van der Waals surface area contributed by atoms with Crippen LogP contribution < -0.4 is 5.32 Å². The fraction of sp³-hybridized carbons (Fsp3) is 0.562. The van der Waals surface area contributed by atoms with Gasteiger partial charge in [-0.3, -0.25) is 4.79 Å². The van der Waals surface area contributed by atoms with Gasteiger partial charge in [0.05, 0.1) is 5.69 Å². The molecule has 0 saturated heterocycles. The van der Waals surface area contributed by atoms with E-state index >= 15 is 0 Å². The van der Waals surface area contributed by atoms with E-state index in [2.05, 4.69) is 19.2 Å². The van der Waals surface area contributed by atoms with E-state index in [4.69, 9.17) is 0 Å². The highest BCUT2D eigenvalue weighted by Gasteiger charge is 2.37. The van der Waals surface area contributed by atoms with Crippen LogP contribution in [0.25, 0.3) is 0 Å². The van der Waals surface area contributed by atoms with Gasteiger partial charge in [0, 0.05) is 5.92 Å². The van der Waals surface area contributed by atoms with Gasteiger partial charge in [-0.15, -0.1) is 0 Å². The summed E-state index contributed by atoms with van der Waals surface area (Å²) in [5, 5.41) is 12.7. The van der Waals surface area contributed by atoms with E-state index in [9.17, 15) is 9.90 Å². The summed E-state index contributed by atoms with van der Waals surface area (Å²) in [5.74, 6) is 0.202. The average molecular weight is 261 g/mol. The van der Waals surface area contributed by atoms with Crippen LogP contribution >= 0.6 is 0 Å². The molecule has 3 heteroatoms. The summed E-state index contributed by atoms with van der Waals surface area (Å²) < 4.78 is 0. The molecule has 0 spiro atoms. The maximum Gasteiger partial charge on any atom is 0.228 e. The minimum absolute atomic E-state index is 0.0296. The Hall–Kier alpha value is -1.51. The molecule has 2 rings (SSSR count). The summed E-state index contributed by atoms with van der Waals surface area (Å²) in [6, 6.07) is 5.32. The van der Waals surface area contributed by atoms with Crippen molar-refractivity contribution < 1.29 is 9.90 Å². The number of hydrogen-bond donors (Lipinski definition) is 2. The van der Waals surface area contributed by atoms with Gasteiger partial charge in [-0.05, 0) is 42.9 Å². The number of carbonyl (C=O) groups excluding carboxylic acids is 1. The summed E-state index contributed by atoms with van der Waals surface area (Å²) in [6.45, 7) is 6.23. The standard InChI is InChI=1S/C16H23NO2/c1-11-7-8-13(14(18)10-11)17-15(19)12-6-4-5-9-16(12,2)3/h7-8,10,12,18H,4-6,9H2,1-3H3,(H,17,19). The van der Waals surface area contributed by atoms with Gasteiger partial charge in [0.15, 0.2) is 0 Å². The van der Waals surface area contributed by atoms with Crippen molar-refractivity contribution in [2.75, 3.05) is 5.32 Å². The van der Waals surface area contributed by atoms with Crippen molar-refractivity contribution in [2.24, 2.45) is 11.3 Å². The maximum absolute atomic E-state index is 12.4. The predicted octanol–water partition coefficient (Wildman–Crippen LogP) is 3.86. The fourth-order valence-corrected chi connectivity index (χ4v) is 2.95. The number of amides is 1. The third-order valence-corrected chi connectivity index (χ3v) is 4.23. The molecule has 104 valence electrons. The zero-order chi connectivity index (χ0) is 14.0. The molecule has 0 bridgehead atoms. The number of rotatable bonds is 2. The minimum atomic E-state index is 0.0296. The molecule has 1 amide bonds. The molecule has 3 nitrogen and oxygen atoms in total. The van der Waals surface area contributed by atoms with Crippen molar-refractivity contribution in [1.29, 1.82) is 0 Å². The van der Waals surface area contributed by atoms with E-state index in [1.54, 1.807) is 12.1 Å². The smallest absolute Gasteiger partial charge is 0.228 e. The van der Waals surface area contributed by atoms with Crippen LogP contribution in [-0.4, -0.2) is 11.0 Å². The SMILES string of the molecule is Cc1ccc(NC(=O)C2CCCCC2(C)C)c(O)c1. The molecule has 1 atom stereocenters. The second-order valence-corrected chi connectivity index (χ2v) is 6.30. The second kappa shape index (κ2) is 5.24. The fourth-order valence-electron chi connectivity index (χ4n) is 2.95. The molecule has 0 aromatic heterocycles. The number of aryl methyl sites for hydroxylation is 1. The summed E-state index contributed by atoms with van der Waals surface area (Å²) >= 11 is 0. The normalized spacial score (nSPS) is 21.9. The van der Waals surface area contributed by atoms with Gasteiger partial charge in [-0.1, -0.05) is 32.8 Å². The summed E-state index contributed by atoms with van der Waals surface area (Å²) in [6.07, 6.45) is 4.34.